The fourth-order valence-electron chi connectivity index (χ4n) is 5.52. The molecule has 0 saturated carbocycles. The zero-order valence-corrected chi connectivity index (χ0v) is 24.2. The van der Waals surface area contributed by atoms with Crippen LogP contribution < -0.4 is 0 Å². The fourth-order valence-corrected chi connectivity index (χ4v) is 5.52. The molecule has 200 valence electrons. The molecule has 0 bridgehead atoms. The van der Waals surface area contributed by atoms with E-state index in [4.69, 9.17) is 5.11 Å². The summed E-state index contributed by atoms with van der Waals surface area (Å²) in [5.41, 5.74) is 0. The summed E-state index contributed by atoms with van der Waals surface area (Å²) in [5, 5.41) is 8.95. The lowest BCUT2D eigenvalue weighted by Crippen LogP contribution is -2.02. The number of hydrogen-bond acceptors (Lipinski definition) is 1. The normalized spacial score (nSPS) is 16.5. The van der Waals surface area contributed by atoms with Crippen molar-refractivity contribution in [2.24, 2.45) is 29.6 Å². The molecule has 0 aromatic heterocycles. The van der Waals surface area contributed by atoms with Crippen molar-refractivity contribution in [3.05, 3.63) is 0 Å². The Kier molecular flexibility index (Phi) is 23.7. The van der Waals surface area contributed by atoms with Gasteiger partial charge in [0, 0.05) is 6.61 Å². The van der Waals surface area contributed by atoms with Gasteiger partial charge in [-0.15, -0.1) is 0 Å². The molecule has 0 amide bonds. The highest BCUT2D eigenvalue weighted by Gasteiger charge is 2.10. The van der Waals surface area contributed by atoms with Crippen LogP contribution in [0.1, 0.15) is 170 Å². The van der Waals surface area contributed by atoms with E-state index in [0.717, 1.165) is 36.0 Å². The van der Waals surface area contributed by atoms with Crippen molar-refractivity contribution < 1.29 is 5.11 Å². The second-order valence-electron chi connectivity index (χ2n) is 12.3. The molecule has 0 radical (unpaired) electrons. The molecule has 33 heavy (non-hydrogen) atoms. The van der Waals surface area contributed by atoms with Gasteiger partial charge in [-0.05, 0) is 42.4 Å². The van der Waals surface area contributed by atoms with E-state index in [2.05, 4.69) is 41.5 Å². The third-order valence-electron chi connectivity index (χ3n) is 8.23. The van der Waals surface area contributed by atoms with Crippen LogP contribution in [0.5, 0.6) is 0 Å². The average molecular weight is 467 g/mol. The molecule has 0 unspecified atom stereocenters. The zero-order chi connectivity index (χ0) is 24.7. The lowest BCUT2D eigenvalue weighted by Gasteiger charge is -2.17. The molecule has 1 N–H and O–H groups in total. The molecule has 0 aromatic rings. The highest BCUT2D eigenvalue weighted by Crippen LogP contribution is 2.25. The maximum absolute atomic E-state index is 8.95. The third kappa shape index (κ3) is 23.5. The number of aliphatic hydroxyl groups excluding tert-OH is 1. The largest absolute Gasteiger partial charge is 0.396 e. The smallest absolute Gasteiger partial charge is 0.0431 e. The minimum Gasteiger partial charge on any atom is -0.396 e. The first-order valence-electron chi connectivity index (χ1n) is 15.5. The van der Waals surface area contributed by atoms with Gasteiger partial charge in [-0.1, -0.05) is 157 Å². The number of unbranched alkanes of at least 4 members (excludes halogenated alkanes) is 4. The average Bonchev–Trinajstić information content (AvgIpc) is 2.77. The van der Waals surface area contributed by atoms with Crippen molar-refractivity contribution in [3.63, 3.8) is 0 Å². The first kappa shape index (κ1) is 33.0. The summed E-state index contributed by atoms with van der Waals surface area (Å²) in [4.78, 5) is 0. The van der Waals surface area contributed by atoms with E-state index in [1.165, 1.54) is 122 Å². The molecule has 0 fully saturated rings. The predicted octanol–water partition coefficient (Wildman–Crippen LogP) is 11.0. The van der Waals surface area contributed by atoms with Crippen molar-refractivity contribution in [3.8, 4) is 0 Å². The molecule has 0 heterocycles. The van der Waals surface area contributed by atoms with Gasteiger partial charge >= 0.3 is 0 Å². The first-order chi connectivity index (χ1) is 15.9. The van der Waals surface area contributed by atoms with E-state index >= 15 is 0 Å². The Balaban J connectivity index is 3.58. The van der Waals surface area contributed by atoms with Crippen molar-refractivity contribution in [1.82, 2.24) is 0 Å². The van der Waals surface area contributed by atoms with E-state index in [0.29, 0.717) is 6.61 Å². The standard InChI is InChI=1S/C32H66O/c1-7-8-9-10-11-17-28(2)18-12-19-29(3)20-13-21-30(4)22-14-23-31(5)24-15-25-32(6)26-16-27-33/h28-33H,7-27H2,1-6H3/t28-,29-,30-,31-,32-/m0/s1. The second kappa shape index (κ2) is 23.7. The van der Waals surface area contributed by atoms with Gasteiger partial charge in [0.15, 0.2) is 0 Å². The molecule has 0 saturated heterocycles. The van der Waals surface area contributed by atoms with Crippen LogP contribution in [-0.4, -0.2) is 11.7 Å². The molecule has 5 atom stereocenters. The van der Waals surface area contributed by atoms with Crippen molar-refractivity contribution >= 4 is 0 Å². The molecule has 0 rings (SSSR count). The minimum absolute atomic E-state index is 0.358. The summed E-state index contributed by atoms with van der Waals surface area (Å²) in [7, 11) is 0. The van der Waals surface area contributed by atoms with Crippen LogP contribution in [0.4, 0.5) is 0 Å². The van der Waals surface area contributed by atoms with Gasteiger partial charge < -0.3 is 5.11 Å². The van der Waals surface area contributed by atoms with Gasteiger partial charge in [0.25, 0.3) is 0 Å². The van der Waals surface area contributed by atoms with Gasteiger partial charge in [0.2, 0.25) is 0 Å². The van der Waals surface area contributed by atoms with E-state index in [1.807, 2.05) is 0 Å². The lowest BCUT2D eigenvalue weighted by atomic mass is 9.89. The maximum Gasteiger partial charge on any atom is 0.0431 e. The number of hydrogen-bond donors (Lipinski definition) is 1. The van der Waals surface area contributed by atoms with Crippen molar-refractivity contribution in [1.29, 1.82) is 0 Å². The van der Waals surface area contributed by atoms with E-state index in [-0.39, 0.29) is 0 Å². The van der Waals surface area contributed by atoms with Crippen LogP contribution in [0.25, 0.3) is 0 Å². The summed E-state index contributed by atoms with van der Waals surface area (Å²) in [6.45, 7) is 14.9. The quantitative estimate of drug-likeness (QED) is 0.133. The summed E-state index contributed by atoms with van der Waals surface area (Å²) in [5.74, 6) is 4.46. The topological polar surface area (TPSA) is 20.2 Å². The summed E-state index contributed by atoms with van der Waals surface area (Å²) >= 11 is 0. The molecule has 0 aliphatic carbocycles. The fraction of sp³-hybridized carbons (Fsp3) is 1.00. The van der Waals surface area contributed by atoms with Crippen LogP contribution in [-0.2, 0) is 0 Å². The molecular formula is C32H66O. The summed E-state index contributed by atoms with van der Waals surface area (Å²) < 4.78 is 0. The van der Waals surface area contributed by atoms with Crippen LogP contribution in [0, 0.1) is 29.6 Å². The monoisotopic (exact) mass is 467 g/mol. The zero-order valence-electron chi connectivity index (χ0n) is 24.2. The second-order valence-corrected chi connectivity index (χ2v) is 12.3. The summed E-state index contributed by atoms with van der Waals surface area (Å²) in [6.07, 6.45) is 27.8. The Bertz CT molecular complexity index is 379. The van der Waals surface area contributed by atoms with Gasteiger partial charge in [0.05, 0.1) is 0 Å². The highest BCUT2D eigenvalue weighted by molar-refractivity contribution is 4.63. The van der Waals surface area contributed by atoms with Crippen LogP contribution in [0.15, 0.2) is 0 Å². The Morgan fingerprint density at radius 2 is 0.636 bits per heavy atom. The maximum atomic E-state index is 8.95. The minimum atomic E-state index is 0.358. The number of aliphatic hydroxyl groups is 1. The SMILES string of the molecule is CCCCCCC[C@H](C)CCC[C@H](C)CCC[C@H](C)CCC[C@H](C)CCC[C@H](C)CCCO. The van der Waals surface area contributed by atoms with Gasteiger partial charge in [-0.2, -0.15) is 0 Å². The van der Waals surface area contributed by atoms with Gasteiger partial charge in [0.1, 0.15) is 0 Å². The Labute approximate surface area is 211 Å². The van der Waals surface area contributed by atoms with Crippen molar-refractivity contribution in [2.75, 3.05) is 6.61 Å². The van der Waals surface area contributed by atoms with E-state index < -0.39 is 0 Å². The van der Waals surface area contributed by atoms with E-state index in [9.17, 15) is 0 Å². The van der Waals surface area contributed by atoms with Crippen LogP contribution in [0.2, 0.25) is 0 Å². The van der Waals surface area contributed by atoms with Crippen LogP contribution in [0.3, 0.4) is 0 Å². The van der Waals surface area contributed by atoms with Crippen LogP contribution >= 0.6 is 0 Å². The first-order valence-corrected chi connectivity index (χ1v) is 15.5. The Morgan fingerprint density at radius 1 is 0.364 bits per heavy atom. The molecule has 0 spiro atoms. The molecular weight excluding hydrogens is 400 g/mol. The molecule has 1 heteroatoms. The Morgan fingerprint density at radius 3 is 0.939 bits per heavy atom. The van der Waals surface area contributed by atoms with E-state index in [1.54, 1.807) is 0 Å². The highest BCUT2D eigenvalue weighted by atomic mass is 16.2. The predicted molar refractivity (Wildman–Crippen MR) is 151 cm³/mol. The molecule has 0 aliphatic rings. The molecule has 0 aromatic carbocycles. The molecule has 1 nitrogen and oxygen atoms in total. The van der Waals surface area contributed by atoms with Crippen molar-refractivity contribution in [2.45, 2.75) is 170 Å². The lowest BCUT2D eigenvalue weighted by molar-refractivity contribution is 0.269. The molecule has 0 aliphatic heterocycles. The Hall–Kier alpha value is -0.0400. The summed E-state index contributed by atoms with van der Waals surface area (Å²) in [6, 6.07) is 0. The number of rotatable bonds is 25. The van der Waals surface area contributed by atoms with Gasteiger partial charge in [-0.3, -0.25) is 0 Å². The van der Waals surface area contributed by atoms with Gasteiger partial charge in [-0.25, -0.2) is 0 Å². The third-order valence-corrected chi connectivity index (χ3v) is 8.23.